The molecule has 102 valence electrons. The third-order valence-electron chi connectivity index (χ3n) is 3.01. The lowest BCUT2D eigenvalue weighted by atomic mass is 9.87. The summed E-state index contributed by atoms with van der Waals surface area (Å²) in [5.74, 6) is 0.248. The van der Waals surface area contributed by atoms with E-state index >= 15 is 0 Å². The Bertz CT molecular complexity index is 218. The van der Waals surface area contributed by atoms with Gasteiger partial charge >= 0.3 is 0 Å². The highest BCUT2D eigenvalue weighted by atomic mass is 16.3. The first-order valence-corrected chi connectivity index (χ1v) is 6.47. The van der Waals surface area contributed by atoms with Crippen LogP contribution in [0.4, 0.5) is 0 Å². The average molecular weight is 244 g/mol. The fourth-order valence-electron chi connectivity index (χ4n) is 1.69. The zero-order valence-corrected chi connectivity index (χ0v) is 11.6. The van der Waals surface area contributed by atoms with Crippen LogP contribution in [0.3, 0.4) is 0 Å². The van der Waals surface area contributed by atoms with Gasteiger partial charge in [0.15, 0.2) is 0 Å². The second-order valence-corrected chi connectivity index (χ2v) is 5.76. The van der Waals surface area contributed by atoms with Gasteiger partial charge < -0.3 is 16.2 Å². The molecule has 0 rings (SSSR count). The molecule has 0 spiro atoms. The minimum absolute atomic E-state index is 0.100. The number of nitrogens with two attached hydrogens (primary N) is 1. The van der Waals surface area contributed by atoms with E-state index < -0.39 is 6.04 Å². The maximum atomic E-state index is 11.8. The minimum atomic E-state index is -0.487. The van der Waals surface area contributed by atoms with E-state index in [0.717, 1.165) is 19.3 Å². The fourth-order valence-corrected chi connectivity index (χ4v) is 1.69. The van der Waals surface area contributed by atoms with Crippen molar-refractivity contribution in [3.05, 3.63) is 0 Å². The maximum Gasteiger partial charge on any atom is 0.237 e. The summed E-state index contributed by atoms with van der Waals surface area (Å²) in [5.41, 5.74) is 5.65. The number of hydrogen-bond acceptors (Lipinski definition) is 3. The van der Waals surface area contributed by atoms with E-state index in [1.807, 2.05) is 20.8 Å². The quantitative estimate of drug-likeness (QED) is 0.631. The Balaban J connectivity index is 4.11. The largest absolute Gasteiger partial charge is 0.396 e. The zero-order chi connectivity index (χ0) is 13.5. The fraction of sp³-hybridized carbons (Fsp3) is 0.923. The summed E-state index contributed by atoms with van der Waals surface area (Å²) in [4.78, 5) is 11.8. The van der Waals surface area contributed by atoms with Gasteiger partial charge in [-0.05, 0) is 24.2 Å². The van der Waals surface area contributed by atoms with E-state index in [9.17, 15) is 4.79 Å². The average Bonchev–Trinajstić information content (AvgIpc) is 2.23. The molecule has 4 N–H and O–H groups in total. The van der Waals surface area contributed by atoms with Crippen molar-refractivity contribution in [3.63, 3.8) is 0 Å². The number of aliphatic hydroxyl groups excluding tert-OH is 1. The Hall–Kier alpha value is -0.610. The predicted molar refractivity (Wildman–Crippen MR) is 70.5 cm³/mol. The summed E-state index contributed by atoms with van der Waals surface area (Å²) >= 11 is 0. The highest BCUT2D eigenvalue weighted by Crippen LogP contribution is 2.17. The molecule has 1 amide bonds. The van der Waals surface area contributed by atoms with Crippen LogP contribution >= 0.6 is 0 Å². The second-order valence-electron chi connectivity index (χ2n) is 5.76. The molecule has 0 aliphatic rings. The lowest BCUT2D eigenvalue weighted by Crippen LogP contribution is -2.49. The number of amides is 1. The van der Waals surface area contributed by atoms with Gasteiger partial charge in [0.05, 0.1) is 6.04 Å². The van der Waals surface area contributed by atoms with Crippen LogP contribution in [-0.4, -0.2) is 30.2 Å². The molecule has 0 saturated heterocycles. The summed E-state index contributed by atoms with van der Waals surface area (Å²) in [6, 6.07) is -0.487. The van der Waals surface area contributed by atoms with Crippen molar-refractivity contribution in [2.24, 2.45) is 17.1 Å². The normalized spacial score (nSPS) is 15.4. The van der Waals surface area contributed by atoms with Crippen molar-refractivity contribution in [1.29, 1.82) is 0 Å². The molecule has 0 aromatic rings. The van der Waals surface area contributed by atoms with Gasteiger partial charge in [0.2, 0.25) is 5.91 Å². The van der Waals surface area contributed by atoms with E-state index in [4.69, 9.17) is 10.8 Å². The third kappa shape index (κ3) is 6.64. The standard InChI is InChI=1S/C13H28N2O2/c1-5-6-10(7-8-16)9-15-12(17)11(14)13(2,3)4/h10-11,16H,5-9,14H2,1-4H3,(H,15,17)/t10?,11-/m1/s1. The Morgan fingerprint density at radius 3 is 2.35 bits per heavy atom. The van der Waals surface area contributed by atoms with Crippen LogP contribution in [-0.2, 0) is 4.79 Å². The van der Waals surface area contributed by atoms with Gasteiger partial charge in [-0.2, -0.15) is 0 Å². The van der Waals surface area contributed by atoms with Crippen LogP contribution in [0.15, 0.2) is 0 Å². The Morgan fingerprint density at radius 1 is 1.35 bits per heavy atom. The van der Waals surface area contributed by atoms with Crippen LogP contribution in [0.25, 0.3) is 0 Å². The summed E-state index contributed by atoms with van der Waals surface area (Å²) in [7, 11) is 0. The summed E-state index contributed by atoms with van der Waals surface area (Å²) < 4.78 is 0. The first-order chi connectivity index (χ1) is 7.82. The van der Waals surface area contributed by atoms with Crippen molar-refractivity contribution in [2.75, 3.05) is 13.2 Å². The van der Waals surface area contributed by atoms with Gasteiger partial charge in [-0.25, -0.2) is 0 Å². The monoisotopic (exact) mass is 244 g/mol. The SMILES string of the molecule is CCCC(CCO)CNC(=O)[C@@H](N)C(C)(C)C. The molecule has 0 bridgehead atoms. The second kappa shape index (κ2) is 7.67. The van der Waals surface area contributed by atoms with Crippen molar-refractivity contribution in [1.82, 2.24) is 5.32 Å². The molecule has 4 heteroatoms. The molecular formula is C13H28N2O2. The van der Waals surface area contributed by atoms with E-state index in [2.05, 4.69) is 12.2 Å². The van der Waals surface area contributed by atoms with E-state index in [0.29, 0.717) is 12.5 Å². The number of carbonyl (C=O) groups is 1. The molecule has 1 unspecified atom stereocenters. The van der Waals surface area contributed by atoms with Gasteiger partial charge in [-0.15, -0.1) is 0 Å². The molecule has 0 aliphatic heterocycles. The van der Waals surface area contributed by atoms with Gasteiger partial charge in [0, 0.05) is 13.2 Å². The zero-order valence-electron chi connectivity index (χ0n) is 11.6. The number of carbonyl (C=O) groups excluding carboxylic acids is 1. The lowest BCUT2D eigenvalue weighted by Gasteiger charge is -2.26. The van der Waals surface area contributed by atoms with Crippen LogP contribution in [0.5, 0.6) is 0 Å². The summed E-state index contributed by atoms with van der Waals surface area (Å²) in [5, 5.41) is 11.8. The predicted octanol–water partition coefficient (Wildman–Crippen LogP) is 1.27. The molecule has 17 heavy (non-hydrogen) atoms. The lowest BCUT2D eigenvalue weighted by molar-refractivity contribution is -0.124. The Labute approximate surface area is 105 Å². The first kappa shape index (κ1) is 16.4. The van der Waals surface area contributed by atoms with E-state index in [-0.39, 0.29) is 17.9 Å². The van der Waals surface area contributed by atoms with Gasteiger partial charge in [0.25, 0.3) is 0 Å². The van der Waals surface area contributed by atoms with Gasteiger partial charge in [0.1, 0.15) is 0 Å². The number of nitrogens with one attached hydrogen (secondary N) is 1. The van der Waals surface area contributed by atoms with Gasteiger partial charge in [-0.1, -0.05) is 34.1 Å². The maximum absolute atomic E-state index is 11.8. The van der Waals surface area contributed by atoms with Crippen LogP contribution in [0, 0.1) is 11.3 Å². The van der Waals surface area contributed by atoms with Crippen molar-refractivity contribution >= 4 is 5.91 Å². The smallest absolute Gasteiger partial charge is 0.237 e. The summed E-state index contributed by atoms with van der Waals surface area (Å²) in [6.07, 6.45) is 2.82. The minimum Gasteiger partial charge on any atom is -0.396 e. The van der Waals surface area contributed by atoms with Crippen molar-refractivity contribution in [2.45, 2.75) is 53.0 Å². The van der Waals surface area contributed by atoms with Crippen LogP contribution in [0.2, 0.25) is 0 Å². The van der Waals surface area contributed by atoms with Crippen LogP contribution < -0.4 is 11.1 Å². The van der Waals surface area contributed by atoms with Gasteiger partial charge in [-0.3, -0.25) is 4.79 Å². The number of rotatable bonds is 7. The number of aliphatic hydroxyl groups is 1. The van der Waals surface area contributed by atoms with E-state index in [1.54, 1.807) is 0 Å². The first-order valence-electron chi connectivity index (χ1n) is 6.47. The van der Waals surface area contributed by atoms with Crippen LogP contribution in [0.1, 0.15) is 47.0 Å². The van der Waals surface area contributed by atoms with E-state index in [1.165, 1.54) is 0 Å². The molecule has 0 saturated carbocycles. The highest BCUT2D eigenvalue weighted by Gasteiger charge is 2.27. The topological polar surface area (TPSA) is 75.3 Å². The Morgan fingerprint density at radius 2 is 1.94 bits per heavy atom. The molecule has 0 aliphatic carbocycles. The van der Waals surface area contributed by atoms with Crippen molar-refractivity contribution in [3.8, 4) is 0 Å². The molecular weight excluding hydrogens is 216 g/mol. The molecule has 0 heterocycles. The summed E-state index contributed by atoms with van der Waals surface area (Å²) in [6.45, 7) is 8.74. The molecule has 4 nitrogen and oxygen atoms in total. The molecule has 0 aromatic heterocycles. The Kier molecular flexibility index (Phi) is 7.39. The molecule has 0 fully saturated rings. The highest BCUT2D eigenvalue weighted by molar-refractivity contribution is 5.82. The molecule has 2 atom stereocenters. The number of hydrogen-bond donors (Lipinski definition) is 3. The third-order valence-corrected chi connectivity index (χ3v) is 3.01. The molecule has 0 radical (unpaired) electrons. The van der Waals surface area contributed by atoms with Crippen molar-refractivity contribution < 1.29 is 9.90 Å². The molecule has 0 aromatic carbocycles.